The lowest BCUT2D eigenvalue weighted by molar-refractivity contribution is -0.135. The first-order valence-electron chi connectivity index (χ1n) is 6.68. The van der Waals surface area contributed by atoms with Gasteiger partial charge in [0.2, 0.25) is 0 Å². The number of carboxylic acid groups (broad SMARTS) is 1. The van der Waals surface area contributed by atoms with Gasteiger partial charge in [-0.3, -0.25) is 4.79 Å². The van der Waals surface area contributed by atoms with Gasteiger partial charge in [0.1, 0.15) is 16.4 Å². The van der Waals surface area contributed by atoms with E-state index in [1.807, 2.05) is 35.2 Å². The van der Waals surface area contributed by atoms with Gasteiger partial charge in [-0.2, -0.15) is 0 Å². The fraction of sp³-hybridized carbons (Fsp3) is 0.500. The van der Waals surface area contributed by atoms with Crippen LogP contribution in [0.1, 0.15) is 12.8 Å². The van der Waals surface area contributed by atoms with Crippen molar-refractivity contribution in [1.29, 1.82) is 0 Å². The SMILES string of the molecule is O=C(O)CN(CC1CCS(=O)(=O)CC1)c1ccccc1. The number of anilines is 1. The summed E-state index contributed by atoms with van der Waals surface area (Å²) in [5.41, 5.74) is 0.864. The Balaban J connectivity index is 2.03. The largest absolute Gasteiger partial charge is 0.480 e. The van der Waals surface area contributed by atoms with Crippen molar-refractivity contribution < 1.29 is 18.3 Å². The van der Waals surface area contributed by atoms with Crippen LogP contribution in [-0.2, 0) is 14.6 Å². The predicted molar refractivity (Wildman–Crippen MR) is 77.7 cm³/mol. The number of hydrogen-bond acceptors (Lipinski definition) is 4. The lowest BCUT2D eigenvalue weighted by atomic mass is 10.0. The van der Waals surface area contributed by atoms with Gasteiger partial charge in [-0.1, -0.05) is 18.2 Å². The lowest BCUT2D eigenvalue weighted by Gasteiger charge is -2.30. The van der Waals surface area contributed by atoms with Gasteiger partial charge in [-0.05, 0) is 30.9 Å². The Kier molecular flexibility index (Phi) is 4.65. The van der Waals surface area contributed by atoms with E-state index in [1.165, 1.54) is 0 Å². The summed E-state index contributed by atoms with van der Waals surface area (Å²) in [4.78, 5) is 12.8. The fourth-order valence-electron chi connectivity index (χ4n) is 2.50. The van der Waals surface area contributed by atoms with Crippen molar-refractivity contribution in [2.45, 2.75) is 12.8 Å². The van der Waals surface area contributed by atoms with Crippen LogP contribution in [0.15, 0.2) is 30.3 Å². The first kappa shape index (κ1) is 14.8. The average Bonchev–Trinajstić information content (AvgIpc) is 2.41. The van der Waals surface area contributed by atoms with Gasteiger partial charge in [0.25, 0.3) is 0 Å². The van der Waals surface area contributed by atoms with Crippen molar-refractivity contribution in [3.8, 4) is 0 Å². The summed E-state index contributed by atoms with van der Waals surface area (Å²) in [6, 6.07) is 9.38. The van der Waals surface area contributed by atoms with Crippen LogP contribution in [0.3, 0.4) is 0 Å². The fourth-order valence-corrected chi connectivity index (χ4v) is 4.09. The van der Waals surface area contributed by atoms with E-state index in [-0.39, 0.29) is 24.0 Å². The molecule has 0 unspecified atom stereocenters. The van der Waals surface area contributed by atoms with E-state index >= 15 is 0 Å². The van der Waals surface area contributed by atoms with E-state index in [0.717, 1.165) is 5.69 Å². The van der Waals surface area contributed by atoms with Crippen molar-refractivity contribution >= 4 is 21.5 Å². The lowest BCUT2D eigenvalue weighted by Crippen LogP contribution is -2.37. The molecular weight excluding hydrogens is 278 g/mol. The number of aliphatic carboxylic acids is 1. The van der Waals surface area contributed by atoms with Crippen molar-refractivity contribution in [1.82, 2.24) is 0 Å². The Morgan fingerprint density at radius 3 is 2.35 bits per heavy atom. The first-order valence-corrected chi connectivity index (χ1v) is 8.50. The summed E-state index contributed by atoms with van der Waals surface area (Å²) in [5, 5.41) is 9.02. The molecule has 1 N–H and O–H groups in total. The smallest absolute Gasteiger partial charge is 0.323 e. The predicted octanol–water partition coefficient (Wildman–Crippen LogP) is 1.40. The van der Waals surface area contributed by atoms with Gasteiger partial charge in [0.15, 0.2) is 0 Å². The van der Waals surface area contributed by atoms with Crippen LogP contribution in [0, 0.1) is 5.92 Å². The van der Waals surface area contributed by atoms with Gasteiger partial charge in [-0.25, -0.2) is 8.42 Å². The minimum atomic E-state index is -2.87. The van der Waals surface area contributed by atoms with E-state index in [9.17, 15) is 13.2 Å². The molecule has 0 atom stereocenters. The molecule has 1 saturated heterocycles. The molecule has 6 heteroatoms. The minimum absolute atomic E-state index is 0.0622. The molecule has 20 heavy (non-hydrogen) atoms. The topological polar surface area (TPSA) is 74.7 Å². The van der Waals surface area contributed by atoms with Crippen LogP contribution in [0.4, 0.5) is 5.69 Å². The van der Waals surface area contributed by atoms with E-state index in [1.54, 1.807) is 0 Å². The summed E-state index contributed by atoms with van der Waals surface area (Å²) >= 11 is 0. The third-order valence-electron chi connectivity index (χ3n) is 3.60. The summed E-state index contributed by atoms with van der Waals surface area (Å²) in [6.45, 7) is 0.527. The van der Waals surface area contributed by atoms with Crippen LogP contribution in [0.2, 0.25) is 0 Å². The quantitative estimate of drug-likeness (QED) is 0.889. The molecule has 1 aromatic rings. The molecule has 0 aromatic heterocycles. The highest BCUT2D eigenvalue weighted by Gasteiger charge is 2.25. The van der Waals surface area contributed by atoms with Crippen LogP contribution in [0.25, 0.3) is 0 Å². The standard InChI is InChI=1S/C14H19NO4S/c16-14(17)11-15(13-4-2-1-3-5-13)10-12-6-8-20(18,19)9-7-12/h1-5,12H,6-11H2,(H,16,17). The van der Waals surface area contributed by atoms with Gasteiger partial charge < -0.3 is 10.0 Å². The molecule has 1 fully saturated rings. The second-order valence-corrected chi connectivity index (χ2v) is 7.51. The molecule has 0 spiro atoms. The van der Waals surface area contributed by atoms with Gasteiger partial charge in [-0.15, -0.1) is 0 Å². The number of rotatable bonds is 5. The highest BCUT2D eigenvalue weighted by molar-refractivity contribution is 7.91. The van der Waals surface area contributed by atoms with E-state index in [0.29, 0.717) is 19.4 Å². The first-order chi connectivity index (χ1) is 9.46. The van der Waals surface area contributed by atoms with Crippen molar-refractivity contribution in [2.75, 3.05) is 29.5 Å². The Morgan fingerprint density at radius 2 is 1.80 bits per heavy atom. The van der Waals surface area contributed by atoms with Gasteiger partial charge in [0, 0.05) is 12.2 Å². The minimum Gasteiger partial charge on any atom is -0.480 e. The Hall–Kier alpha value is -1.56. The zero-order valence-corrected chi connectivity index (χ0v) is 12.1. The molecule has 110 valence electrons. The van der Waals surface area contributed by atoms with Gasteiger partial charge >= 0.3 is 5.97 Å². The molecule has 1 aliphatic rings. The van der Waals surface area contributed by atoms with E-state index < -0.39 is 15.8 Å². The molecule has 0 saturated carbocycles. The highest BCUT2D eigenvalue weighted by Crippen LogP contribution is 2.23. The highest BCUT2D eigenvalue weighted by atomic mass is 32.2. The number of para-hydroxylation sites is 1. The number of benzene rings is 1. The summed E-state index contributed by atoms with van der Waals surface area (Å²) < 4.78 is 22.8. The molecule has 0 radical (unpaired) electrons. The molecule has 0 bridgehead atoms. The molecule has 5 nitrogen and oxygen atoms in total. The molecule has 1 heterocycles. The molecule has 1 aromatic carbocycles. The third-order valence-corrected chi connectivity index (χ3v) is 5.32. The molecule has 1 aliphatic heterocycles. The number of carboxylic acids is 1. The normalized spacial score (nSPS) is 18.6. The van der Waals surface area contributed by atoms with Crippen LogP contribution in [0.5, 0.6) is 0 Å². The molecule has 2 rings (SSSR count). The molecule has 0 amide bonds. The van der Waals surface area contributed by atoms with Crippen molar-refractivity contribution in [3.05, 3.63) is 30.3 Å². The van der Waals surface area contributed by atoms with Crippen molar-refractivity contribution in [2.24, 2.45) is 5.92 Å². The van der Waals surface area contributed by atoms with Crippen molar-refractivity contribution in [3.63, 3.8) is 0 Å². The Labute approximate surface area is 119 Å². The van der Waals surface area contributed by atoms with Crippen LogP contribution in [-0.4, -0.2) is 44.1 Å². The second kappa shape index (κ2) is 6.26. The van der Waals surface area contributed by atoms with E-state index in [4.69, 9.17) is 5.11 Å². The number of carbonyl (C=O) groups is 1. The molecule has 0 aliphatic carbocycles. The van der Waals surface area contributed by atoms with Gasteiger partial charge in [0.05, 0.1) is 11.5 Å². The maximum atomic E-state index is 11.4. The number of sulfone groups is 1. The number of hydrogen-bond donors (Lipinski definition) is 1. The maximum Gasteiger partial charge on any atom is 0.323 e. The monoisotopic (exact) mass is 297 g/mol. The maximum absolute atomic E-state index is 11.4. The van der Waals surface area contributed by atoms with Crippen LogP contribution >= 0.6 is 0 Å². The van der Waals surface area contributed by atoms with Crippen LogP contribution < -0.4 is 4.90 Å². The zero-order valence-electron chi connectivity index (χ0n) is 11.2. The Morgan fingerprint density at radius 1 is 1.20 bits per heavy atom. The summed E-state index contributed by atoms with van der Waals surface area (Å²) in [7, 11) is -2.87. The Bertz CT molecular complexity index is 542. The average molecular weight is 297 g/mol. The number of nitrogens with zero attached hydrogens (tertiary/aromatic N) is 1. The summed E-state index contributed by atoms with van der Waals surface area (Å²) in [6.07, 6.45) is 1.23. The van der Waals surface area contributed by atoms with E-state index in [2.05, 4.69) is 0 Å². The second-order valence-electron chi connectivity index (χ2n) is 5.21. The molecular formula is C14H19NO4S. The zero-order chi connectivity index (χ0) is 14.6. The summed E-state index contributed by atoms with van der Waals surface area (Å²) in [5.74, 6) is -0.212. The third kappa shape index (κ3) is 4.23.